The molecule has 4 rings (SSSR count). The molecule has 2 aliphatic rings. The largest absolute Gasteiger partial charge is 0.362 e. The van der Waals surface area contributed by atoms with Crippen LogP contribution in [-0.4, -0.2) is 41.5 Å². The fraction of sp³-hybridized carbons (Fsp3) is 0.375. The number of urea groups is 1. The fourth-order valence-corrected chi connectivity index (χ4v) is 4.30. The summed E-state index contributed by atoms with van der Waals surface area (Å²) in [5, 5.41) is 3.57. The predicted molar refractivity (Wildman–Crippen MR) is 118 cm³/mol. The zero-order valence-corrected chi connectivity index (χ0v) is 18.0. The second kappa shape index (κ2) is 8.41. The van der Waals surface area contributed by atoms with Gasteiger partial charge in [-0.2, -0.15) is 5.01 Å². The molecule has 0 saturated carbocycles. The van der Waals surface area contributed by atoms with Crippen LogP contribution in [0.25, 0.3) is 0 Å². The molecule has 1 atom stereocenters. The van der Waals surface area contributed by atoms with Gasteiger partial charge in [-0.1, -0.05) is 48.0 Å². The maximum atomic E-state index is 12.9. The zero-order valence-electron chi connectivity index (χ0n) is 18.0. The Hall–Kier alpha value is -3.35. The number of carbonyl (C=O) groups excluding carboxylic acids is 3. The molecule has 7 heteroatoms. The van der Waals surface area contributed by atoms with E-state index in [9.17, 15) is 14.4 Å². The molecule has 2 aromatic carbocycles. The van der Waals surface area contributed by atoms with Gasteiger partial charge in [0.2, 0.25) is 0 Å². The van der Waals surface area contributed by atoms with Crippen LogP contribution in [0, 0.1) is 6.92 Å². The average molecular weight is 421 g/mol. The minimum absolute atomic E-state index is 0.0911. The minimum atomic E-state index is -1.05. The van der Waals surface area contributed by atoms with E-state index < -0.39 is 17.5 Å². The first-order chi connectivity index (χ1) is 14.9. The molecule has 1 fully saturated rings. The smallest absolute Gasteiger partial charge is 0.344 e. The Bertz CT molecular complexity index is 1010. The molecule has 0 spiro atoms. The molecule has 2 N–H and O–H groups in total. The molecule has 31 heavy (non-hydrogen) atoms. The summed E-state index contributed by atoms with van der Waals surface area (Å²) in [4.78, 5) is 40.1. The molecule has 0 radical (unpaired) electrons. The van der Waals surface area contributed by atoms with Gasteiger partial charge in [0.25, 0.3) is 11.8 Å². The number of hydrazine groups is 1. The standard InChI is InChI=1S/C24H28N4O3/c1-17-10-11-20-19(15-17)9-6-14-27(20)16-21(29)26-28-22(30)24(2,25-23(28)31)13-12-18-7-4-3-5-8-18/h3-5,7-8,10-11,15H,6,9,12-14,16H2,1-2H3,(H,25,31)(H,26,29)/t24-/m1/s1. The van der Waals surface area contributed by atoms with Gasteiger partial charge in [0, 0.05) is 12.2 Å². The Labute approximate surface area is 182 Å². The topological polar surface area (TPSA) is 81.8 Å². The second-order valence-electron chi connectivity index (χ2n) is 8.58. The first-order valence-electron chi connectivity index (χ1n) is 10.7. The molecule has 2 aromatic rings. The third kappa shape index (κ3) is 4.40. The van der Waals surface area contributed by atoms with Gasteiger partial charge in [0.1, 0.15) is 5.54 Å². The predicted octanol–water partition coefficient (Wildman–Crippen LogP) is 2.72. The van der Waals surface area contributed by atoms with Crippen LogP contribution in [0.1, 0.15) is 36.5 Å². The zero-order chi connectivity index (χ0) is 22.0. The van der Waals surface area contributed by atoms with Crippen LogP contribution in [0.5, 0.6) is 0 Å². The second-order valence-corrected chi connectivity index (χ2v) is 8.58. The summed E-state index contributed by atoms with van der Waals surface area (Å²) in [7, 11) is 0. The van der Waals surface area contributed by atoms with E-state index >= 15 is 0 Å². The van der Waals surface area contributed by atoms with Crippen molar-refractivity contribution >= 4 is 23.5 Å². The summed E-state index contributed by atoms with van der Waals surface area (Å²) >= 11 is 0. The fourth-order valence-electron chi connectivity index (χ4n) is 4.30. The number of rotatable bonds is 6. The van der Waals surface area contributed by atoms with E-state index in [1.54, 1.807) is 6.92 Å². The minimum Gasteiger partial charge on any atom is -0.362 e. The highest BCUT2D eigenvalue weighted by atomic mass is 16.2. The maximum Gasteiger partial charge on any atom is 0.344 e. The van der Waals surface area contributed by atoms with Crippen LogP contribution in [0.2, 0.25) is 0 Å². The van der Waals surface area contributed by atoms with Crippen LogP contribution < -0.4 is 15.6 Å². The summed E-state index contributed by atoms with van der Waals surface area (Å²) in [5.74, 6) is -0.819. The Kier molecular flexibility index (Phi) is 5.67. The lowest BCUT2D eigenvalue weighted by Crippen LogP contribution is -2.51. The number of imide groups is 1. The van der Waals surface area contributed by atoms with Gasteiger partial charge in [-0.25, -0.2) is 4.79 Å². The van der Waals surface area contributed by atoms with E-state index in [-0.39, 0.29) is 12.5 Å². The summed E-state index contributed by atoms with van der Waals surface area (Å²) < 4.78 is 0. The SMILES string of the molecule is Cc1ccc2c(c1)CCCN2CC(=O)NN1C(=O)N[C@](C)(CCc2ccccc2)C1=O. The molecular formula is C24H28N4O3. The first kappa shape index (κ1) is 20.9. The molecule has 1 saturated heterocycles. The number of anilines is 1. The van der Waals surface area contributed by atoms with E-state index in [0.717, 1.165) is 35.6 Å². The van der Waals surface area contributed by atoms with Crippen molar-refractivity contribution in [2.24, 2.45) is 0 Å². The molecular weight excluding hydrogens is 392 g/mol. The van der Waals surface area contributed by atoms with Crippen molar-refractivity contribution in [1.82, 2.24) is 15.8 Å². The third-order valence-electron chi connectivity index (χ3n) is 6.04. The van der Waals surface area contributed by atoms with Crippen LogP contribution in [0.3, 0.4) is 0 Å². The average Bonchev–Trinajstić information content (AvgIpc) is 2.96. The molecule has 0 aliphatic carbocycles. The van der Waals surface area contributed by atoms with Crippen molar-refractivity contribution in [3.8, 4) is 0 Å². The molecule has 4 amide bonds. The number of nitrogens with zero attached hydrogens (tertiary/aromatic N) is 2. The normalized spacial score (nSPS) is 20.5. The quantitative estimate of drug-likeness (QED) is 0.704. The van der Waals surface area contributed by atoms with E-state index in [1.807, 2.05) is 47.4 Å². The van der Waals surface area contributed by atoms with Gasteiger partial charge < -0.3 is 10.2 Å². The lowest BCUT2D eigenvalue weighted by Gasteiger charge is -2.31. The van der Waals surface area contributed by atoms with E-state index in [0.29, 0.717) is 12.8 Å². The number of aryl methyl sites for hydroxylation is 3. The maximum absolute atomic E-state index is 12.9. The lowest BCUT2D eigenvalue weighted by atomic mass is 9.93. The Balaban J connectivity index is 1.38. The molecule has 2 heterocycles. The van der Waals surface area contributed by atoms with Gasteiger partial charge in [-0.3, -0.25) is 15.0 Å². The summed E-state index contributed by atoms with van der Waals surface area (Å²) in [6.45, 7) is 4.61. The van der Waals surface area contributed by atoms with Crippen molar-refractivity contribution in [2.45, 2.75) is 45.1 Å². The van der Waals surface area contributed by atoms with E-state index in [4.69, 9.17) is 0 Å². The van der Waals surface area contributed by atoms with E-state index in [1.165, 1.54) is 11.1 Å². The number of benzene rings is 2. The Morgan fingerprint density at radius 1 is 1.16 bits per heavy atom. The number of carbonyl (C=O) groups is 3. The number of amides is 4. The highest BCUT2D eigenvalue weighted by Gasteiger charge is 2.48. The molecule has 7 nitrogen and oxygen atoms in total. The number of hydrogen-bond donors (Lipinski definition) is 2. The molecule has 2 aliphatic heterocycles. The van der Waals surface area contributed by atoms with Crippen molar-refractivity contribution in [3.05, 3.63) is 65.2 Å². The number of hydrogen-bond acceptors (Lipinski definition) is 4. The van der Waals surface area contributed by atoms with Crippen molar-refractivity contribution in [1.29, 1.82) is 0 Å². The Morgan fingerprint density at radius 2 is 1.94 bits per heavy atom. The molecule has 0 unspecified atom stereocenters. The van der Waals surface area contributed by atoms with Gasteiger partial charge in [-0.05, 0) is 56.7 Å². The van der Waals surface area contributed by atoms with Crippen LogP contribution in [0.15, 0.2) is 48.5 Å². The number of nitrogens with one attached hydrogen (secondary N) is 2. The molecule has 0 bridgehead atoms. The van der Waals surface area contributed by atoms with E-state index in [2.05, 4.69) is 23.7 Å². The monoisotopic (exact) mass is 420 g/mol. The van der Waals surface area contributed by atoms with Gasteiger partial charge >= 0.3 is 6.03 Å². The molecule has 162 valence electrons. The first-order valence-corrected chi connectivity index (χ1v) is 10.7. The lowest BCUT2D eigenvalue weighted by molar-refractivity contribution is -0.138. The molecule has 0 aromatic heterocycles. The van der Waals surface area contributed by atoms with Gasteiger partial charge in [-0.15, -0.1) is 0 Å². The van der Waals surface area contributed by atoms with Gasteiger partial charge in [0.15, 0.2) is 0 Å². The van der Waals surface area contributed by atoms with Crippen LogP contribution in [-0.2, 0) is 22.4 Å². The number of fused-ring (bicyclic) bond motifs is 1. The highest BCUT2D eigenvalue weighted by Crippen LogP contribution is 2.28. The van der Waals surface area contributed by atoms with Crippen molar-refractivity contribution < 1.29 is 14.4 Å². The third-order valence-corrected chi connectivity index (χ3v) is 6.04. The van der Waals surface area contributed by atoms with Crippen LogP contribution >= 0.6 is 0 Å². The highest BCUT2D eigenvalue weighted by molar-refractivity contribution is 6.07. The van der Waals surface area contributed by atoms with Crippen molar-refractivity contribution in [3.63, 3.8) is 0 Å². The summed E-state index contributed by atoms with van der Waals surface area (Å²) in [6.07, 6.45) is 3.05. The van der Waals surface area contributed by atoms with Crippen molar-refractivity contribution in [2.75, 3.05) is 18.0 Å². The van der Waals surface area contributed by atoms with Gasteiger partial charge in [0.05, 0.1) is 6.54 Å². The van der Waals surface area contributed by atoms with Crippen LogP contribution in [0.4, 0.5) is 10.5 Å². The Morgan fingerprint density at radius 3 is 2.71 bits per heavy atom. The summed E-state index contributed by atoms with van der Waals surface area (Å²) in [5.41, 5.74) is 6.01. The summed E-state index contributed by atoms with van der Waals surface area (Å²) in [6, 6.07) is 15.4.